The fourth-order valence-corrected chi connectivity index (χ4v) is 7.21. The topological polar surface area (TPSA) is 33.7 Å². The first kappa shape index (κ1) is 26.5. The minimum atomic E-state index is -0.107. The Kier molecular flexibility index (Phi) is 5.81. The molecule has 6 aromatic carbocycles. The van der Waals surface area contributed by atoms with Crippen molar-refractivity contribution in [3.05, 3.63) is 163 Å². The Morgan fingerprint density at radius 2 is 1.15 bits per heavy atom. The van der Waals surface area contributed by atoms with E-state index >= 15 is 0 Å². The Morgan fingerprint density at radius 3 is 1.89 bits per heavy atom. The molecule has 0 unspecified atom stereocenters. The first-order valence-corrected chi connectivity index (χ1v) is 15.7. The highest BCUT2D eigenvalue weighted by Gasteiger charge is 2.36. The predicted octanol–water partition coefficient (Wildman–Crippen LogP) is 11.2. The lowest BCUT2D eigenvalue weighted by Crippen LogP contribution is -2.15. The maximum atomic E-state index is 6.32. The van der Waals surface area contributed by atoms with Gasteiger partial charge < -0.3 is 9.32 Å². The summed E-state index contributed by atoms with van der Waals surface area (Å²) in [6.07, 6.45) is 0. The van der Waals surface area contributed by atoms with Crippen molar-refractivity contribution in [3.63, 3.8) is 0 Å². The van der Waals surface area contributed by atoms with Crippen LogP contribution in [0.1, 0.15) is 25.0 Å². The van der Waals surface area contributed by atoms with Gasteiger partial charge in [0.05, 0.1) is 11.2 Å². The molecule has 4 heteroatoms. The molecule has 9 rings (SSSR count). The van der Waals surface area contributed by atoms with Gasteiger partial charge in [0, 0.05) is 33.6 Å². The number of anilines is 3. The first-order chi connectivity index (χ1) is 22.6. The van der Waals surface area contributed by atoms with Crippen LogP contribution in [0.25, 0.3) is 50.6 Å². The lowest BCUT2D eigenvalue weighted by molar-refractivity contribution is 0.642. The van der Waals surface area contributed by atoms with E-state index in [0.29, 0.717) is 5.84 Å². The van der Waals surface area contributed by atoms with Crippen molar-refractivity contribution < 1.29 is 4.42 Å². The van der Waals surface area contributed by atoms with Crippen LogP contribution in [-0.4, -0.2) is 9.38 Å². The fourth-order valence-electron chi connectivity index (χ4n) is 7.21. The molecule has 1 aliphatic rings. The minimum Gasteiger partial charge on any atom is -0.423 e. The van der Waals surface area contributed by atoms with E-state index in [4.69, 9.17) is 9.40 Å². The summed E-state index contributed by atoms with van der Waals surface area (Å²) < 4.78 is 8.50. The highest BCUT2D eigenvalue weighted by molar-refractivity contribution is 5.91. The summed E-state index contributed by atoms with van der Waals surface area (Å²) in [5.74, 6) is 0.591. The van der Waals surface area contributed by atoms with Gasteiger partial charge in [0.2, 0.25) is 0 Å². The molecule has 2 aromatic heterocycles. The second kappa shape index (κ2) is 10.1. The zero-order valence-electron chi connectivity index (χ0n) is 25.7. The number of imidazole rings is 1. The second-order valence-electron chi connectivity index (χ2n) is 12.5. The zero-order chi connectivity index (χ0) is 30.8. The SMILES string of the molecule is CC1(C)c2ccccc2-c2ccc(-c3c(-c4ccc(N(c5ccccc5)c5ccccc5)cc4)nc4oc5ccccc5n34)cc21. The van der Waals surface area contributed by atoms with Crippen molar-refractivity contribution >= 4 is 34.0 Å². The maximum absolute atomic E-state index is 6.32. The normalized spacial score (nSPS) is 13.2. The van der Waals surface area contributed by atoms with Crippen molar-refractivity contribution in [2.45, 2.75) is 19.3 Å². The van der Waals surface area contributed by atoms with Crippen LogP contribution in [0.3, 0.4) is 0 Å². The Bertz CT molecular complexity index is 2340. The molecular formula is C42H31N3O. The summed E-state index contributed by atoms with van der Waals surface area (Å²) in [4.78, 5) is 7.41. The van der Waals surface area contributed by atoms with Crippen LogP contribution >= 0.6 is 0 Å². The molecule has 1 aliphatic carbocycles. The third kappa shape index (κ3) is 3.97. The molecule has 8 aromatic rings. The molecule has 0 bridgehead atoms. The van der Waals surface area contributed by atoms with E-state index in [9.17, 15) is 0 Å². The Hall–Kier alpha value is -5.87. The molecule has 0 radical (unpaired) electrons. The van der Waals surface area contributed by atoms with Crippen molar-refractivity contribution in [2.75, 3.05) is 4.90 Å². The number of nitrogens with zero attached hydrogens (tertiary/aromatic N) is 3. The van der Waals surface area contributed by atoms with E-state index in [1.807, 2.05) is 24.3 Å². The smallest absolute Gasteiger partial charge is 0.307 e. The molecule has 46 heavy (non-hydrogen) atoms. The Morgan fingerprint density at radius 1 is 0.565 bits per heavy atom. The average Bonchev–Trinajstić information content (AvgIpc) is 3.73. The van der Waals surface area contributed by atoms with Crippen LogP contribution in [0.4, 0.5) is 17.1 Å². The van der Waals surface area contributed by atoms with Gasteiger partial charge in [-0.1, -0.05) is 111 Å². The van der Waals surface area contributed by atoms with E-state index in [0.717, 1.165) is 50.7 Å². The Labute approximate surface area is 267 Å². The second-order valence-corrected chi connectivity index (χ2v) is 12.5. The number of fused-ring (bicyclic) bond motifs is 6. The van der Waals surface area contributed by atoms with Gasteiger partial charge >= 0.3 is 5.84 Å². The largest absolute Gasteiger partial charge is 0.423 e. The molecule has 0 saturated carbocycles. The van der Waals surface area contributed by atoms with Crippen LogP contribution in [0, 0.1) is 0 Å². The number of aromatic nitrogens is 2. The van der Waals surface area contributed by atoms with Crippen LogP contribution in [-0.2, 0) is 5.41 Å². The number of rotatable bonds is 5. The summed E-state index contributed by atoms with van der Waals surface area (Å²) >= 11 is 0. The third-order valence-electron chi connectivity index (χ3n) is 9.44. The van der Waals surface area contributed by atoms with Gasteiger partial charge in [-0.3, -0.25) is 4.40 Å². The van der Waals surface area contributed by atoms with E-state index in [1.54, 1.807) is 0 Å². The molecule has 4 nitrogen and oxygen atoms in total. The summed E-state index contributed by atoms with van der Waals surface area (Å²) in [7, 11) is 0. The fraction of sp³-hybridized carbons (Fsp3) is 0.0714. The van der Waals surface area contributed by atoms with Crippen LogP contribution < -0.4 is 4.90 Å². The zero-order valence-corrected chi connectivity index (χ0v) is 25.7. The van der Waals surface area contributed by atoms with Gasteiger partial charge in [0.1, 0.15) is 5.69 Å². The quantitative estimate of drug-likeness (QED) is 0.199. The number of hydrogen-bond donors (Lipinski definition) is 0. The van der Waals surface area contributed by atoms with Gasteiger partial charge in [-0.2, -0.15) is 4.98 Å². The van der Waals surface area contributed by atoms with Crippen molar-refractivity contribution in [1.29, 1.82) is 0 Å². The predicted molar refractivity (Wildman–Crippen MR) is 188 cm³/mol. The number of hydrogen-bond acceptors (Lipinski definition) is 3. The van der Waals surface area contributed by atoms with E-state index in [1.165, 1.54) is 22.3 Å². The van der Waals surface area contributed by atoms with E-state index in [2.05, 4.69) is 151 Å². The first-order valence-electron chi connectivity index (χ1n) is 15.7. The molecule has 0 fully saturated rings. The molecule has 2 heterocycles. The van der Waals surface area contributed by atoms with Gasteiger partial charge in [-0.25, -0.2) is 0 Å². The summed E-state index contributed by atoms with van der Waals surface area (Å²) in [6, 6.07) is 53.5. The molecule has 0 spiro atoms. The van der Waals surface area contributed by atoms with Gasteiger partial charge in [0.15, 0.2) is 5.58 Å². The number of para-hydroxylation sites is 4. The molecule has 0 N–H and O–H groups in total. The van der Waals surface area contributed by atoms with E-state index in [-0.39, 0.29) is 5.41 Å². The molecule has 0 atom stereocenters. The molecule has 220 valence electrons. The van der Waals surface area contributed by atoms with Crippen molar-refractivity contribution in [2.24, 2.45) is 0 Å². The molecular weight excluding hydrogens is 562 g/mol. The van der Waals surface area contributed by atoms with Crippen molar-refractivity contribution in [1.82, 2.24) is 9.38 Å². The summed E-state index contributed by atoms with van der Waals surface area (Å²) in [5.41, 5.74) is 14.4. The van der Waals surface area contributed by atoms with Crippen LogP contribution in [0.2, 0.25) is 0 Å². The van der Waals surface area contributed by atoms with Gasteiger partial charge in [-0.05, 0) is 76.9 Å². The summed E-state index contributed by atoms with van der Waals surface area (Å²) in [5, 5.41) is 0. The van der Waals surface area contributed by atoms with Crippen LogP contribution in [0.15, 0.2) is 156 Å². The average molecular weight is 594 g/mol. The van der Waals surface area contributed by atoms with Crippen LogP contribution in [0.5, 0.6) is 0 Å². The molecule has 0 aliphatic heterocycles. The third-order valence-corrected chi connectivity index (χ3v) is 9.44. The lowest BCUT2D eigenvalue weighted by Gasteiger charge is -2.25. The van der Waals surface area contributed by atoms with E-state index < -0.39 is 0 Å². The number of oxazole rings is 1. The standard InChI is InChI=1S/C42H31N3O/c1-42(2)35-18-10-9-17-33(35)34-26-23-29(27-36(34)42)40-39(43-41-45(40)37-19-11-12-20-38(37)46-41)28-21-24-32(25-22-28)44(30-13-5-3-6-14-30)31-15-7-4-8-16-31/h3-27H,1-2H3. The highest BCUT2D eigenvalue weighted by atomic mass is 16.4. The molecule has 0 amide bonds. The van der Waals surface area contributed by atoms with Gasteiger partial charge in [0.25, 0.3) is 0 Å². The summed E-state index contributed by atoms with van der Waals surface area (Å²) in [6.45, 7) is 4.65. The maximum Gasteiger partial charge on any atom is 0.307 e. The van der Waals surface area contributed by atoms with Gasteiger partial charge in [-0.15, -0.1) is 0 Å². The molecule has 0 saturated heterocycles. The Balaban J connectivity index is 1.22. The number of benzene rings is 6. The minimum absolute atomic E-state index is 0.107. The highest BCUT2D eigenvalue weighted by Crippen LogP contribution is 2.50. The monoisotopic (exact) mass is 593 g/mol. The van der Waals surface area contributed by atoms with Crippen molar-refractivity contribution in [3.8, 4) is 33.6 Å². The lowest BCUT2D eigenvalue weighted by atomic mass is 9.82.